The molecule has 17 heavy (non-hydrogen) atoms. The second-order valence-corrected chi connectivity index (χ2v) is 5.17. The third-order valence-corrected chi connectivity index (χ3v) is 3.31. The van der Waals surface area contributed by atoms with Gasteiger partial charge in [-0.05, 0) is 11.0 Å². The lowest BCUT2D eigenvalue weighted by molar-refractivity contribution is -0.123. The Morgan fingerprint density at radius 1 is 1.18 bits per heavy atom. The molecule has 1 heteroatoms. The maximum atomic E-state index is 12.3. The summed E-state index contributed by atoms with van der Waals surface area (Å²) in [5.41, 5.74) is 1.02. The van der Waals surface area contributed by atoms with Crippen molar-refractivity contribution in [2.24, 2.45) is 11.3 Å². The van der Waals surface area contributed by atoms with Crippen molar-refractivity contribution in [1.82, 2.24) is 0 Å². The standard InChI is InChI=1S/C16H18O/c1-16(2)11-7-6-10-14(16)15(17)12-13-8-4-3-5-9-13/h3-11,14H,12H2,1-2H3. The molecular formula is C16H18O. The van der Waals surface area contributed by atoms with Crippen molar-refractivity contribution in [3.8, 4) is 0 Å². The minimum absolute atomic E-state index is 0.00675. The zero-order chi connectivity index (χ0) is 12.3. The van der Waals surface area contributed by atoms with E-state index in [2.05, 4.69) is 19.9 Å². The monoisotopic (exact) mass is 226 g/mol. The van der Waals surface area contributed by atoms with Crippen LogP contribution in [0.3, 0.4) is 0 Å². The van der Waals surface area contributed by atoms with Gasteiger partial charge in [0.1, 0.15) is 5.78 Å². The zero-order valence-electron chi connectivity index (χ0n) is 10.4. The van der Waals surface area contributed by atoms with Crippen LogP contribution in [0.4, 0.5) is 0 Å². The van der Waals surface area contributed by atoms with Gasteiger partial charge in [-0.3, -0.25) is 4.79 Å². The number of ketones is 1. The predicted octanol–water partition coefficient (Wildman–Crippen LogP) is 3.57. The third-order valence-electron chi connectivity index (χ3n) is 3.31. The molecule has 0 aromatic heterocycles. The smallest absolute Gasteiger partial charge is 0.144 e. The number of allylic oxidation sites excluding steroid dienone is 4. The van der Waals surface area contributed by atoms with Crippen LogP contribution in [-0.4, -0.2) is 5.78 Å². The Labute approximate surface area is 103 Å². The lowest BCUT2D eigenvalue weighted by atomic mass is 9.73. The molecule has 1 unspecified atom stereocenters. The molecule has 88 valence electrons. The SMILES string of the molecule is CC1(C)C=CC=CC1C(=O)Cc1ccccc1. The molecule has 0 radical (unpaired) electrons. The summed E-state index contributed by atoms with van der Waals surface area (Å²) in [6, 6.07) is 9.94. The molecule has 1 aromatic rings. The maximum Gasteiger partial charge on any atom is 0.144 e. The van der Waals surface area contributed by atoms with Gasteiger partial charge in [0.2, 0.25) is 0 Å². The molecule has 1 nitrogen and oxygen atoms in total. The van der Waals surface area contributed by atoms with E-state index in [9.17, 15) is 4.79 Å². The average Bonchev–Trinajstić information content (AvgIpc) is 2.29. The Hall–Kier alpha value is -1.63. The second-order valence-electron chi connectivity index (χ2n) is 5.17. The van der Waals surface area contributed by atoms with E-state index in [1.807, 2.05) is 48.6 Å². The first-order chi connectivity index (χ1) is 8.09. The summed E-state index contributed by atoms with van der Waals surface area (Å²) >= 11 is 0. The van der Waals surface area contributed by atoms with Crippen molar-refractivity contribution >= 4 is 5.78 Å². The summed E-state index contributed by atoms with van der Waals surface area (Å²) < 4.78 is 0. The molecule has 0 fully saturated rings. The average molecular weight is 226 g/mol. The molecule has 0 amide bonds. The van der Waals surface area contributed by atoms with Crippen LogP contribution in [0.2, 0.25) is 0 Å². The number of carbonyl (C=O) groups excluding carboxylic acids is 1. The Morgan fingerprint density at radius 3 is 2.53 bits per heavy atom. The maximum absolute atomic E-state index is 12.3. The molecule has 0 bridgehead atoms. The van der Waals surface area contributed by atoms with Gasteiger partial charge in [-0.2, -0.15) is 0 Å². The van der Waals surface area contributed by atoms with Crippen LogP contribution in [-0.2, 0) is 11.2 Å². The van der Waals surface area contributed by atoms with Crippen molar-refractivity contribution < 1.29 is 4.79 Å². The quantitative estimate of drug-likeness (QED) is 0.770. The van der Waals surface area contributed by atoms with E-state index in [0.717, 1.165) is 5.56 Å². The van der Waals surface area contributed by atoms with Crippen molar-refractivity contribution in [1.29, 1.82) is 0 Å². The Morgan fingerprint density at radius 2 is 1.88 bits per heavy atom. The van der Waals surface area contributed by atoms with E-state index < -0.39 is 0 Å². The number of rotatable bonds is 3. The molecule has 0 aliphatic heterocycles. The van der Waals surface area contributed by atoms with Gasteiger partial charge >= 0.3 is 0 Å². The summed E-state index contributed by atoms with van der Waals surface area (Å²) in [5.74, 6) is 0.287. The van der Waals surface area contributed by atoms with Gasteiger partial charge in [-0.1, -0.05) is 68.5 Å². The first-order valence-electron chi connectivity index (χ1n) is 6.02. The molecule has 2 rings (SSSR count). The molecule has 0 spiro atoms. The highest BCUT2D eigenvalue weighted by Crippen LogP contribution is 2.33. The van der Waals surface area contributed by atoms with E-state index in [-0.39, 0.29) is 11.3 Å². The summed E-state index contributed by atoms with van der Waals surface area (Å²) in [6.07, 6.45) is 8.64. The van der Waals surface area contributed by atoms with Gasteiger partial charge < -0.3 is 0 Å². The molecule has 1 atom stereocenters. The zero-order valence-corrected chi connectivity index (χ0v) is 10.4. The van der Waals surface area contributed by atoms with Crippen LogP contribution in [0.1, 0.15) is 19.4 Å². The molecular weight excluding hydrogens is 208 g/mol. The number of hydrogen-bond donors (Lipinski definition) is 0. The van der Waals surface area contributed by atoms with Crippen molar-refractivity contribution in [2.45, 2.75) is 20.3 Å². The molecule has 0 saturated carbocycles. The lowest BCUT2D eigenvalue weighted by Gasteiger charge is -2.30. The Balaban J connectivity index is 2.11. The van der Waals surface area contributed by atoms with Crippen molar-refractivity contribution in [3.05, 3.63) is 60.2 Å². The van der Waals surface area contributed by atoms with E-state index in [0.29, 0.717) is 12.2 Å². The van der Waals surface area contributed by atoms with Crippen LogP contribution in [0.5, 0.6) is 0 Å². The lowest BCUT2D eigenvalue weighted by Crippen LogP contribution is -2.30. The third kappa shape index (κ3) is 2.73. The minimum Gasteiger partial charge on any atom is -0.299 e. The molecule has 0 saturated heterocycles. The minimum atomic E-state index is -0.0688. The van der Waals surface area contributed by atoms with E-state index in [1.165, 1.54) is 0 Å². The fourth-order valence-corrected chi connectivity index (χ4v) is 2.26. The molecule has 0 N–H and O–H groups in total. The number of carbonyl (C=O) groups is 1. The topological polar surface area (TPSA) is 17.1 Å². The van der Waals surface area contributed by atoms with Crippen LogP contribution in [0, 0.1) is 11.3 Å². The van der Waals surface area contributed by atoms with Gasteiger partial charge in [0.05, 0.1) is 0 Å². The second kappa shape index (κ2) is 4.70. The highest BCUT2D eigenvalue weighted by atomic mass is 16.1. The van der Waals surface area contributed by atoms with Crippen LogP contribution < -0.4 is 0 Å². The molecule has 0 heterocycles. The first kappa shape index (κ1) is 11.8. The van der Waals surface area contributed by atoms with E-state index in [4.69, 9.17) is 0 Å². The van der Waals surface area contributed by atoms with Gasteiger partial charge in [0.15, 0.2) is 0 Å². The molecule has 1 aliphatic carbocycles. The summed E-state index contributed by atoms with van der Waals surface area (Å²) in [7, 11) is 0. The summed E-state index contributed by atoms with van der Waals surface area (Å²) in [4.78, 5) is 12.3. The molecule has 1 aromatic carbocycles. The van der Waals surface area contributed by atoms with Gasteiger partial charge in [-0.15, -0.1) is 0 Å². The fraction of sp³-hybridized carbons (Fsp3) is 0.312. The van der Waals surface area contributed by atoms with Crippen molar-refractivity contribution in [2.75, 3.05) is 0 Å². The fourth-order valence-electron chi connectivity index (χ4n) is 2.26. The van der Waals surface area contributed by atoms with Gasteiger partial charge in [0.25, 0.3) is 0 Å². The number of benzene rings is 1. The van der Waals surface area contributed by atoms with Crippen LogP contribution in [0.25, 0.3) is 0 Å². The summed E-state index contributed by atoms with van der Waals surface area (Å²) in [6.45, 7) is 4.22. The largest absolute Gasteiger partial charge is 0.299 e. The predicted molar refractivity (Wildman–Crippen MR) is 70.7 cm³/mol. The molecule has 1 aliphatic rings. The van der Waals surface area contributed by atoms with E-state index in [1.54, 1.807) is 0 Å². The Bertz CT molecular complexity index is 452. The van der Waals surface area contributed by atoms with E-state index >= 15 is 0 Å². The van der Waals surface area contributed by atoms with Crippen molar-refractivity contribution in [3.63, 3.8) is 0 Å². The highest BCUT2D eigenvalue weighted by Gasteiger charge is 2.31. The normalized spacial score (nSPS) is 21.4. The van der Waals surface area contributed by atoms with Gasteiger partial charge in [0, 0.05) is 12.3 Å². The number of Topliss-reactive ketones (excluding diaryl/α,β-unsaturated/α-hetero) is 1. The Kier molecular flexibility index (Phi) is 3.28. The van der Waals surface area contributed by atoms with Gasteiger partial charge in [-0.25, -0.2) is 0 Å². The van der Waals surface area contributed by atoms with Crippen LogP contribution in [0.15, 0.2) is 54.6 Å². The first-order valence-corrected chi connectivity index (χ1v) is 6.02. The number of hydrogen-bond acceptors (Lipinski definition) is 1. The highest BCUT2D eigenvalue weighted by molar-refractivity contribution is 5.86. The summed E-state index contributed by atoms with van der Waals surface area (Å²) in [5, 5.41) is 0. The van der Waals surface area contributed by atoms with Crippen LogP contribution >= 0.6 is 0 Å².